The van der Waals surface area contributed by atoms with Gasteiger partial charge >= 0.3 is 10.4 Å². The highest BCUT2D eigenvalue weighted by molar-refractivity contribution is 7.80. The highest BCUT2D eigenvalue weighted by atomic mass is 32.3. The Hall–Kier alpha value is -1.98. The summed E-state index contributed by atoms with van der Waals surface area (Å²) in [7, 11) is -5.12. The predicted octanol–water partition coefficient (Wildman–Crippen LogP) is 8.63. The van der Waals surface area contributed by atoms with Crippen LogP contribution in [-0.4, -0.2) is 107 Å². The van der Waals surface area contributed by atoms with Crippen LogP contribution in [-0.2, 0) is 28.9 Å². The molecule has 0 aliphatic carbocycles. The first kappa shape index (κ1) is 58.0. The van der Waals surface area contributed by atoms with Gasteiger partial charge < -0.3 is 40.3 Å². The molecule has 62 heavy (non-hydrogen) atoms. The second-order valence-corrected chi connectivity index (χ2v) is 17.9. The molecule has 13 nitrogen and oxygen atoms in total. The van der Waals surface area contributed by atoms with Gasteiger partial charge in [-0.2, -0.15) is 8.42 Å². The molecular formula is C48H87NO12S. The van der Waals surface area contributed by atoms with E-state index in [4.69, 9.17) is 9.47 Å². The number of hydrogen-bond acceptors (Lipinski definition) is 11. The summed E-state index contributed by atoms with van der Waals surface area (Å²) in [4.78, 5) is 13.1. The van der Waals surface area contributed by atoms with E-state index in [0.717, 1.165) is 57.8 Å². The van der Waals surface area contributed by atoms with Crippen LogP contribution >= 0.6 is 0 Å². The SMILES string of the molecule is CCCCC/C=C\C=C/CCCCCCCCCCCC(O)C(=O)NC(COC1OC(CO)C(O)C(OS(=O)(=O)O)C1O)C(O)/C=C/CC/C=C/CCCCCCCCCCC. The van der Waals surface area contributed by atoms with Gasteiger partial charge in [0.15, 0.2) is 6.29 Å². The van der Waals surface area contributed by atoms with E-state index >= 15 is 0 Å². The summed E-state index contributed by atoms with van der Waals surface area (Å²) in [5, 5.41) is 55.2. The lowest BCUT2D eigenvalue weighted by molar-refractivity contribution is -0.298. The molecule has 8 unspecified atom stereocenters. The van der Waals surface area contributed by atoms with E-state index in [9.17, 15) is 43.3 Å². The number of nitrogens with one attached hydrogen (secondary N) is 1. The Morgan fingerprint density at radius 3 is 1.68 bits per heavy atom. The predicted molar refractivity (Wildman–Crippen MR) is 247 cm³/mol. The van der Waals surface area contributed by atoms with Crippen LogP contribution in [0.2, 0.25) is 0 Å². The molecular weight excluding hydrogens is 815 g/mol. The van der Waals surface area contributed by atoms with Crippen molar-refractivity contribution in [2.75, 3.05) is 13.2 Å². The van der Waals surface area contributed by atoms with Crippen molar-refractivity contribution in [2.45, 2.75) is 236 Å². The first-order chi connectivity index (χ1) is 29.9. The lowest BCUT2D eigenvalue weighted by Gasteiger charge is -2.41. The summed E-state index contributed by atoms with van der Waals surface area (Å²) in [6.45, 7) is 3.16. The van der Waals surface area contributed by atoms with Crippen molar-refractivity contribution < 1.29 is 57.0 Å². The van der Waals surface area contributed by atoms with Gasteiger partial charge in [0.1, 0.15) is 30.5 Å². The molecule has 0 bridgehead atoms. The van der Waals surface area contributed by atoms with Crippen LogP contribution in [0.25, 0.3) is 0 Å². The standard InChI is InChI=1S/C48H87NO12S/c1-3-5-7-9-11-13-15-17-19-20-21-23-25-27-29-31-33-35-37-42(52)47(55)49-40(39-59-48-45(54)46(61-62(56,57)58)44(53)43(38-50)60-48)41(51)36-34-32-30-28-26-24-22-18-16-14-12-10-8-6-4-2/h11,13,15,17,26,28,34,36,40-46,48,50-54H,3-10,12,14,16,18-25,27,29-33,35,37-39H2,1-2H3,(H,49,55)(H,56,57,58)/b13-11-,17-15-,28-26+,36-34+. The molecule has 0 aromatic heterocycles. The second-order valence-electron chi connectivity index (χ2n) is 16.9. The highest BCUT2D eigenvalue weighted by Crippen LogP contribution is 2.26. The number of allylic oxidation sites excluding steroid dienone is 7. The van der Waals surface area contributed by atoms with Gasteiger partial charge in [-0.3, -0.25) is 9.35 Å². The molecule has 14 heteroatoms. The Labute approximate surface area is 375 Å². The molecule has 1 fully saturated rings. The zero-order valence-electron chi connectivity index (χ0n) is 38.3. The zero-order valence-corrected chi connectivity index (χ0v) is 39.1. The molecule has 362 valence electrons. The van der Waals surface area contributed by atoms with Crippen molar-refractivity contribution >= 4 is 16.3 Å². The molecule has 1 amide bonds. The third-order valence-electron chi connectivity index (χ3n) is 11.2. The maximum atomic E-state index is 13.1. The Bertz CT molecular complexity index is 1310. The van der Waals surface area contributed by atoms with Crippen LogP contribution < -0.4 is 5.32 Å². The van der Waals surface area contributed by atoms with E-state index in [2.05, 4.69) is 59.8 Å². The molecule has 1 rings (SSSR count). The van der Waals surface area contributed by atoms with Crippen LogP contribution in [0.4, 0.5) is 0 Å². The Kier molecular flexibility index (Phi) is 35.9. The molecule has 1 aliphatic rings. The minimum Gasteiger partial charge on any atom is -0.394 e. The van der Waals surface area contributed by atoms with Crippen molar-refractivity contribution in [3.05, 3.63) is 48.6 Å². The molecule has 7 N–H and O–H groups in total. The summed E-state index contributed by atoms with van der Waals surface area (Å²) in [6, 6.07) is -1.14. The quantitative estimate of drug-likeness (QED) is 0.0133. The molecule has 0 spiro atoms. The summed E-state index contributed by atoms with van der Waals surface area (Å²) < 4.78 is 47.5. The monoisotopic (exact) mass is 902 g/mol. The highest BCUT2D eigenvalue weighted by Gasteiger charge is 2.48. The number of rotatable bonds is 40. The fourth-order valence-electron chi connectivity index (χ4n) is 7.35. The van der Waals surface area contributed by atoms with Crippen molar-refractivity contribution in [1.29, 1.82) is 0 Å². The van der Waals surface area contributed by atoms with E-state index in [-0.39, 0.29) is 6.42 Å². The van der Waals surface area contributed by atoms with Crippen LogP contribution in [0.1, 0.15) is 187 Å². The average Bonchev–Trinajstić information content (AvgIpc) is 3.24. The Morgan fingerprint density at radius 2 is 1.13 bits per heavy atom. The van der Waals surface area contributed by atoms with E-state index in [1.807, 2.05) is 0 Å². The normalized spacial score (nSPS) is 21.5. The van der Waals surface area contributed by atoms with Crippen LogP contribution in [0.5, 0.6) is 0 Å². The minimum atomic E-state index is -5.12. The zero-order chi connectivity index (χ0) is 45.7. The van der Waals surface area contributed by atoms with Gasteiger partial charge in [-0.25, -0.2) is 4.18 Å². The van der Waals surface area contributed by atoms with E-state index in [1.54, 1.807) is 6.08 Å². The number of ether oxygens (including phenoxy) is 2. The number of aliphatic hydroxyl groups is 5. The van der Waals surface area contributed by atoms with Crippen LogP contribution in [0.15, 0.2) is 48.6 Å². The molecule has 1 heterocycles. The lowest BCUT2D eigenvalue weighted by Crippen LogP contribution is -2.61. The summed E-state index contributed by atoms with van der Waals surface area (Å²) in [5.74, 6) is -0.718. The van der Waals surface area contributed by atoms with Gasteiger partial charge in [-0.1, -0.05) is 178 Å². The number of hydrogen-bond donors (Lipinski definition) is 7. The first-order valence-electron chi connectivity index (χ1n) is 24.1. The van der Waals surface area contributed by atoms with Gasteiger partial charge in [0, 0.05) is 0 Å². The maximum Gasteiger partial charge on any atom is 0.397 e. The number of carbonyl (C=O) groups is 1. The van der Waals surface area contributed by atoms with Gasteiger partial charge in [-0.15, -0.1) is 0 Å². The Balaban J connectivity index is 2.58. The van der Waals surface area contributed by atoms with E-state index in [0.29, 0.717) is 12.8 Å². The largest absolute Gasteiger partial charge is 0.397 e. The number of carbonyl (C=O) groups excluding carboxylic acids is 1. The number of unbranched alkanes of at least 4 members (excludes halogenated alkanes) is 22. The number of aliphatic hydroxyl groups excluding tert-OH is 5. The van der Waals surface area contributed by atoms with Crippen LogP contribution in [0.3, 0.4) is 0 Å². The van der Waals surface area contributed by atoms with Crippen LogP contribution in [0, 0.1) is 0 Å². The second kappa shape index (κ2) is 38.3. The fraction of sp³-hybridized carbons (Fsp3) is 0.812. The van der Waals surface area contributed by atoms with Gasteiger partial charge in [-0.05, 0) is 57.8 Å². The van der Waals surface area contributed by atoms with Crippen molar-refractivity contribution in [2.24, 2.45) is 0 Å². The molecule has 8 atom stereocenters. The topological polar surface area (TPSA) is 212 Å². The van der Waals surface area contributed by atoms with E-state index < -0.39 is 78.5 Å². The summed E-state index contributed by atoms with van der Waals surface area (Å²) in [5.41, 5.74) is 0. The first-order valence-corrected chi connectivity index (χ1v) is 25.5. The average molecular weight is 902 g/mol. The Morgan fingerprint density at radius 1 is 0.661 bits per heavy atom. The van der Waals surface area contributed by atoms with Crippen molar-refractivity contribution in [3.63, 3.8) is 0 Å². The van der Waals surface area contributed by atoms with Crippen molar-refractivity contribution in [3.8, 4) is 0 Å². The third kappa shape index (κ3) is 30.2. The van der Waals surface area contributed by atoms with Gasteiger partial charge in [0.05, 0.1) is 25.4 Å². The van der Waals surface area contributed by atoms with Crippen molar-refractivity contribution in [1.82, 2.24) is 5.32 Å². The molecule has 1 aliphatic heterocycles. The van der Waals surface area contributed by atoms with Gasteiger partial charge in [0.2, 0.25) is 5.91 Å². The summed E-state index contributed by atoms with van der Waals surface area (Å²) in [6.07, 6.45) is 34.7. The third-order valence-corrected chi connectivity index (χ3v) is 11.7. The fourth-order valence-corrected chi connectivity index (χ4v) is 7.86. The minimum absolute atomic E-state index is 0.230. The lowest BCUT2D eigenvalue weighted by atomic mass is 9.99. The number of amides is 1. The molecule has 0 radical (unpaired) electrons. The molecule has 0 aromatic rings. The van der Waals surface area contributed by atoms with Gasteiger partial charge in [0.25, 0.3) is 0 Å². The molecule has 0 aromatic carbocycles. The molecule has 1 saturated heterocycles. The maximum absolute atomic E-state index is 13.1. The smallest absolute Gasteiger partial charge is 0.394 e. The molecule has 0 saturated carbocycles. The summed E-state index contributed by atoms with van der Waals surface area (Å²) >= 11 is 0. The van der Waals surface area contributed by atoms with E-state index in [1.165, 1.54) is 102 Å².